The Balaban J connectivity index is 0.000000485. The van der Waals surface area contributed by atoms with Gasteiger partial charge < -0.3 is 14.2 Å². The average Bonchev–Trinajstić information content (AvgIpc) is 3.54. The molecule has 156 valence electrons. The van der Waals surface area contributed by atoms with Crippen LogP contribution >= 0.6 is 11.8 Å². The molecular formula is C24H36O3S. The van der Waals surface area contributed by atoms with Crippen molar-refractivity contribution < 1.29 is 14.2 Å². The largest absolute Gasteiger partial charge is 0.493 e. The number of ether oxygens (including phenoxy) is 3. The molecule has 4 heteroatoms. The number of methoxy groups -OCH3 is 2. The van der Waals surface area contributed by atoms with Crippen molar-refractivity contribution in [3.05, 3.63) is 34.9 Å². The van der Waals surface area contributed by atoms with Gasteiger partial charge in [-0.3, -0.25) is 0 Å². The highest BCUT2D eigenvalue weighted by molar-refractivity contribution is 8.06. The van der Waals surface area contributed by atoms with Crippen LogP contribution in [0.15, 0.2) is 18.2 Å². The summed E-state index contributed by atoms with van der Waals surface area (Å²) >= 11 is 2.07. The zero-order valence-electron chi connectivity index (χ0n) is 18.6. The maximum absolute atomic E-state index is 5.68. The van der Waals surface area contributed by atoms with Gasteiger partial charge in [-0.05, 0) is 59.7 Å². The number of benzene rings is 2. The lowest BCUT2D eigenvalue weighted by Gasteiger charge is -2.20. The number of aryl methyl sites for hydroxylation is 1. The quantitative estimate of drug-likeness (QED) is 0.464. The molecule has 0 amide bonds. The molecule has 1 heterocycles. The molecule has 3 rings (SSSR count). The Morgan fingerprint density at radius 3 is 2.18 bits per heavy atom. The third kappa shape index (κ3) is 5.57. The van der Waals surface area contributed by atoms with Crippen molar-refractivity contribution in [2.45, 2.75) is 65.2 Å². The van der Waals surface area contributed by atoms with Crippen LogP contribution in [0.4, 0.5) is 0 Å². The molecule has 3 nitrogen and oxygen atoms in total. The Labute approximate surface area is 175 Å². The Morgan fingerprint density at radius 2 is 1.75 bits per heavy atom. The number of thioether (sulfide) groups is 1. The summed E-state index contributed by atoms with van der Waals surface area (Å²) in [4.78, 5) is 0. The fraction of sp³-hybridized carbons (Fsp3) is 0.583. The minimum absolute atomic E-state index is 0.342. The molecule has 1 atom stereocenters. The van der Waals surface area contributed by atoms with Crippen LogP contribution in [0.5, 0.6) is 11.5 Å². The first-order valence-electron chi connectivity index (χ1n) is 10.4. The van der Waals surface area contributed by atoms with E-state index < -0.39 is 0 Å². The summed E-state index contributed by atoms with van der Waals surface area (Å²) < 4.78 is 16.9. The Hall–Kier alpha value is -1.39. The van der Waals surface area contributed by atoms with Gasteiger partial charge in [0.2, 0.25) is 0 Å². The maximum Gasteiger partial charge on any atom is 0.164 e. The number of rotatable bonds is 8. The van der Waals surface area contributed by atoms with E-state index in [1.54, 1.807) is 14.2 Å². The molecule has 2 aromatic carbocycles. The van der Waals surface area contributed by atoms with E-state index in [2.05, 4.69) is 57.7 Å². The second-order valence-corrected chi connectivity index (χ2v) is 8.72. The third-order valence-electron chi connectivity index (χ3n) is 5.07. The van der Waals surface area contributed by atoms with Crippen molar-refractivity contribution in [1.82, 2.24) is 0 Å². The van der Waals surface area contributed by atoms with Crippen molar-refractivity contribution in [3.63, 3.8) is 0 Å². The van der Waals surface area contributed by atoms with Crippen LogP contribution in [0.3, 0.4) is 0 Å². The molecule has 0 bridgehead atoms. The molecule has 0 saturated carbocycles. The predicted molar refractivity (Wildman–Crippen MR) is 122 cm³/mol. The molecule has 0 aliphatic carbocycles. The Kier molecular flexibility index (Phi) is 8.97. The molecule has 28 heavy (non-hydrogen) atoms. The SMILES string of the molecule is CCC1CS1.CCOCc1cc(CC)c2cc(OC)c(OC)c(C(C)C)c2c1. The minimum Gasteiger partial charge on any atom is -0.493 e. The fourth-order valence-electron chi connectivity index (χ4n) is 3.46. The molecule has 0 spiro atoms. The smallest absolute Gasteiger partial charge is 0.164 e. The van der Waals surface area contributed by atoms with E-state index in [0.717, 1.165) is 29.8 Å². The van der Waals surface area contributed by atoms with Gasteiger partial charge in [0.1, 0.15) is 0 Å². The van der Waals surface area contributed by atoms with Crippen LogP contribution < -0.4 is 9.47 Å². The normalized spacial score (nSPS) is 15.4. The summed E-state index contributed by atoms with van der Waals surface area (Å²) in [5, 5.41) is 3.54. The van der Waals surface area contributed by atoms with Gasteiger partial charge in [-0.2, -0.15) is 11.8 Å². The summed E-state index contributed by atoms with van der Waals surface area (Å²) in [6.45, 7) is 12.2. The van der Waals surface area contributed by atoms with Crippen LogP contribution in [0.2, 0.25) is 0 Å². The highest BCUT2D eigenvalue weighted by Crippen LogP contribution is 2.43. The molecule has 2 aromatic rings. The summed E-state index contributed by atoms with van der Waals surface area (Å²) in [6.07, 6.45) is 2.36. The molecular weight excluding hydrogens is 368 g/mol. The van der Waals surface area contributed by atoms with Gasteiger partial charge in [-0.1, -0.05) is 33.8 Å². The highest BCUT2D eigenvalue weighted by atomic mass is 32.2. The number of fused-ring (bicyclic) bond motifs is 1. The molecule has 1 unspecified atom stereocenters. The van der Waals surface area contributed by atoms with Crippen LogP contribution in [0, 0.1) is 0 Å². The second-order valence-electron chi connectivity index (χ2n) is 7.38. The first kappa shape index (κ1) is 22.9. The van der Waals surface area contributed by atoms with E-state index in [0.29, 0.717) is 12.5 Å². The topological polar surface area (TPSA) is 27.7 Å². The van der Waals surface area contributed by atoms with Gasteiger partial charge in [-0.25, -0.2) is 0 Å². The number of hydrogen-bond acceptors (Lipinski definition) is 4. The lowest BCUT2D eigenvalue weighted by atomic mass is 9.90. The first-order chi connectivity index (χ1) is 13.5. The van der Waals surface area contributed by atoms with E-state index in [9.17, 15) is 0 Å². The van der Waals surface area contributed by atoms with Gasteiger partial charge >= 0.3 is 0 Å². The zero-order valence-corrected chi connectivity index (χ0v) is 19.4. The van der Waals surface area contributed by atoms with E-state index in [1.165, 1.54) is 39.6 Å². The first-order valence-corrected chi connectivity index (χ1v) is 11.4. The Morgan fingerprint density at radius 1 is 1.04 bits per heavy atom. The molecule has 0 radical (unpaired) electrons. The van der Waals surface area contributed by atoms with Crippen molar-refractivity contribution in [3.8, 4) is 11.5 Å². The molecule has 1 aliphatic rings. The average molecular weight is 405 g/mol. The summed E-state index contributed by atoms with van der Waals surface area (Å²) in [5.74, 6) is 3.41. The van der Waals surface area contributed by atoms with Crippen molar-refractivity contribution >= 4 is 22.5 Å². The second kappa shape index (κ2) is 11.0. The van der Waals surface area contributed by atoms with E-state index in [-0.39, 0.29) is 0 Å². The maximum atomic E-state index is 5.68. The van der Waals surface area contributed by atoms with Crippen molar-refractivity contribution in [2.24, 2.45) is 0 Å². The molecule has 0 N–H and O–H groups in total. The zero-order chi connectivity index (χ0) is 20.7. The summed E-state index contributed by atoms with van der Waals surface area (Å²) in [5.41, 5.74) is 3.74. The summed E-state index contributed by atoms with van der Waals surface area (Å²) in [6, 6.07) is 6.58. The van der Waals surface area contributed by atoms with Gasteiger partial charge in [0.25, 0.3) is 0 Å². The minimum atomic E-state index is 0.342. The van der Waals surface area contributed by atoms with Crippen LogP contribution in [0.1, 0.15) is 63.6 Å². The standard InChI is InChI=1S/C20H28O3.C4H8S/c1-7-15-9-14(12-23-8-2)10-17-16(15)11-18(21-5)20(22-6)19(17)13(3)4;1-2-4-3-5-4/h9-11,13H,7-8,12H2,1-6H3;4H,2-3H2,1H3. The predicted octanol–water partition coefficient (Wildman–Crippen LogP) is 6.59. The number of hydrogen-bond donors (Lipinski definition) is 0. The van der Waals surface area contributed by atoms with Crippen molar-refractivity contribution in [1.29, 1.82) is 0 Å². The molecule has 1 fully saturated rings. The third-order valence-corrected chi connectivity index (χ3v) is 6.21. The van der Waals surface area contributed by atoms with Gasteiger partial charge in [0.15, 0.2) is 11.5 Å². The van der Waals surface area contributed by atoms with E-state index >= 15 is 0 Å². The van der Waals surface area contributed by atoms with Crippen molar-refractivity contribution in [2.75, 3.05) is 26.6 Å². The van der Waals surface area contributed by atoms with Gasteiger partial charge in [0, 0.05) is 23.2 Å². The lowest BCUT2D eigenvalue weighted by molar-refractivity contribution is 0.134. The van der Waals surface area contributed by atoms with Crippen LogP contribution in [-0.4, -0.2) is 31.8 Å². The summed E-state index contributed by atoms with van der Waals surface area (Å²) in [7, 11) is 3.41. The molecule has 1 aliphatic heterocycles. The van der Waals surface area contributed by atoms with E-state index in [4.69, 9.17) is 14.2 Å². The lowest BCUT2D eigenvalue weighted by Crippen LogP contribution is -2.02. The van der Waals surface area contributed by atoms with Gasteiger partial charge in [-0.15, -0.1) is 0 Å². The molecule has 1 saturated heterocycles. The fourth-order valence-corrected chi connectivity index (χ4v) is 4.07. The van der Waals surface area contributed by atoms with Crippen LogP contribution in [-0.2, 0) is 17.8 Å². The van der Waals surface area contributed by atoms with E-state index in [1.807, 2.05) is 6.92 Å². The van der Waals surface area contributed by atoms with Gasteiger partial charge in [0.05, 0.1) is 20.8 Å². The highest BCUT2D eigenvalue weighted by Gasteiger charge is 2.20. The Bertz CT molecular complexity index is 766. The monoisotopic (exact) mass is 404 g/mol. The molecule has 0 aromatic heterocycles. The van der Waals surface area contributed by atoms with Crippen LogP contribution in [0.25, 0.3) is 10.8 Å².